The number of rotatable bonds is 3. The number of aryl methyl sites for hydroxylation is 1. The number of anilines is 1. The topological polar surface area (TPSA) is 43.8 Å². The number of halogens is 1. The molecule has 0 aliphatic carbocycles. The van der Waals surface area contributed by atoms with E-state index in [1.165, 1.54) is 4.90 Å². The van der Waals surface area contributed by atoms with Crippen molar-refractivity contribution in [2.75, 3.05) is 5.73 Å². The predicted molar refractivity (Wildman–Crippen MR) is 71.3 cm³/mol. The van der Waals surface area contributed by atoms with Gasteiger partial charge in [0, 0.05) is 34.1 Å². The maximum Gasteiger partial charge on any atom is 0.0727 e. The Morgan fingerprint density at radius 1 is 1.44 bits per heavy atom. The first-order valence-corrected chi connectivity index (χ1v) is 6.59. The minimum absolute atomic E-state index is 0.772. The van der Waals surface area contributed by atoms with Gasteiger partial charge >= 0.3 is 0 Å². The summed E-state index contributed by atoms with van der Waals surface area (Å²) >= 11 is 5.24. The first kappa shape index (κ1) is 11.5. The largest absolute Gasteiger partial charge is 0.399 e. The zero-order valence-electron chi connectivity index (χ0n) is 8.85. The Kier molecular flexibility index (Phi) is 3.56. The SMILES string of the molecule is Cn1ccc(CSc2ccc(N)cc2Br)n1. The summed E-state index contributed by atoms with van der Waals surface area (Å²) in [5.41, 5.74) is 7.54. The molecule has 0 unspecified atom stereocenters. The van der Waals surface area contributed by atoms with Crippen molar-refractivity contribution in [2.24, 2.45) is 7.05 Å². The average Bonchev–Trinajstić information content (AvgIpc) is 2.63. The first-order chi connectivity index (χ1) is 7.65. The lowest BCUT2D eigenvalue weighted by molar-refractivity contribution is 0.755. The molecule has 0 saturated carbocycles. The molecule has 2 N–H and O–H groups in total. The van der Waals surface area contributed by atoms with Crippen LogP contribution in [0.4, 0.5) is 5.69 Å². The van der Waals surface area contributed by atoms with Gasteiger partial charge in [-0.1, -0.05) is 0 Å². The van der Waals surface area contributed by atoms with Crippen LogP contribution in [0.5, 0.6) is 0 Å². The molecule has 5 heteroatoms. The highest BCUT2D eigenvalue weighted by Gasteiger charge is 2.03. The van der Waals surface area contributed by atoms with Gasteiger partial charge in [-0.05, 0) is 40.2 Å². The second kappa shape index (κ2) is 4.93. The number of hydrogen-bond acceptors (Lipinski definition) is 3. The van der Waals surface area contributed by atoms with E-state index in [2.05, 4.69) is 21.0 Å². The van der Waals surface area contributed by atoms with Crippen LogP contribution in [0, 0.1) is 0 Å². The van der Waals surface area contributed by atoms with Crippen molar-refractivity contribution in [1.29, 1.82) is 0 Å². The Labute approximate surface area is 107 Å². The third-order valence-corrected chi connectivity index (χ3v) is 4.13. The Hall–Kier alpha value is -0.940. The van der Waals surface area contributed by atoms with Crippen LogP contribution in [0.25, 0.3) is 0 Å². The van der Waals surface area contributed by atoms with Crippen molar-refractivity contribution in [3.05, 3.63) is 40.6 Å². The maximum atomic E-state index is 5.68. The minimum atomic E-state index is 0.772. The summed E-state index contributed by atoms with van der Waals surface area (Å²) in [4.78, 5) is 1.18. The number of nitrogens with zero attached hydrogens (tertiary/aromatic N) is 2. The number of thioether (sulfide) groups is 1. The van der Waals surface area contributed by atoms with Gasteiger partial charge in [0.05, 0.1) is 5.69 Å². The molecule has 84 valence electrons. The van der Waals surface area contributed by atoms with Gasteiger partial charge in [-0.2, -0.15) is 5.10 Å². The van der Waals surface area contributed by atoms with Crippen molar-refractivity contribution < 1.29 is 0 Å². The fourth-order valence-electron chi connectivity index (χ4n) is 1.33. The normalized spacial score (nSPS) is 10.6. The highest BCUT2D eigenvalue weighted by atomic mass is 79.9. The third kappa shape index (κ3) is 2.80. The smallest absolute Gasteiger partial charge is 0.0727 e. The lowest BCUT2D eigenvalue weighted by atomic mass is 10.3. The Morgan fingerprint density at radius 3 is 2.88 bits per heavy atom. The summed E-state index contributed by atoms with van der Waals surface area (Å²) in [5.74, 6) is 0.864. The van der Waals surface area contributed by atoms with Crippen molar-refractivity contribution in [3.8, 4) is 0 Å². The average molecular weight is 298 g/mol. The number of nitrogen functional groups attached to an aromatic ring is 1. The molecule has 0 radical (unpaired) electrons. The van der Waals surface area contributed by atoms with Crippen LogP contribution in [0.1, 0.15) is 5.69 Å². The Bertz CT molecular complexity index is 496. The summed E-state index contributed by atoms with van der Waals surface area (Å²) in [6.07, 6.45) is 1.95. The molecule has 0 atom stereocenters. The quantitative estimate of drug-likeness (QED) is 0.699. The van der Waals surface area contributed by atoms with Gasteiger partial charge in [-0.15, -0.1) is 11.8 Å². The summed E-state index contributed by atoms with van der Waals surface area (Å²) in [5, 5.41) is 4.33. The van der Waals surface area contributed by atoms with E-state index in [1.807, 2.05) is 42.2 Å². The highest BCUT2D eigenvalue weighted by molar-refractivity contribution is 9.10. The molecule has 2 rings (SSSR count). The number of aromatic nitrogens is 2. The van der Waals surface area contributed by atoms with Crippen LogP contribution in [0.15, 0.2) is 39.8 Å². The second-order valence-electron chi connectivity index (χ2n) is 3.46. The standard InChI is InChI=1S/C11H12BrN3S/c1-15-5-4-9(14-15)7-16-11-3-2-8(13)6-10(11)12/h2-6H,7,13H2,1H3. The van der Waals surface area contributed by atoms with E-state index in [4.69, 9.17) is 5.73 Å². The van der Waals surface area contributed by atoms with E-state index >= 15 is 0 Å². The summed E-state index contributed by atoms with van der Waals surface area (Å²) in [6.45, 7) is 0. The van der Waals surface area contributed by atoms with E-state index in [9.17, 15) is 0 Å². The van der Waals surface area contributed by atoms with Crippen LogP contribution in [0.2, 0.25) is 0 Å². The zero-order valence-corrected chi connectivity index (χ0v) is 11.3. The summed E-state index contributed by atoms with van der Waals surface area (Å²) in [6, 6.07) is 7.87. The fraction of sp³-hybridized carbons (Fsp3) is 0.182. The van der Waals surface area contributed by atoms with Crippen LogP contribution in [-0.2, 0) is 12.8 Å². The second-order valence-corrected chi connectivity index (χ2v) is 5.33. The van der Waals surface area contributed by atoms with E-state index in [0.717, 1.165) is 21.6 Å². The van der Waals surface area contributed by atoms with Crippen LogP contribution >= 0.6 is 27.7 Å². The molecule has 16 heavy (non-hydrogen) atoms. The number of benzene rings is 1. The molecular formula is C11H12BrN3S. The van der Waals surface area contributed by atoms with Crippen molar-refractivity contribution >= 4 is 33.4 Å². The van der Waals surface area contributed by atoms with E-state index < -0.39 is 0 Å². The predicted octanol–water partition coefficient (Wildman–Crippen LogP) is 3.06. The van der Waals surface area contributed by atoms with E-state index in [-0.39, 0.29) is 0 Å². The van der Waals surface area contributed by atoms with Gasteiger partial charge < -0.3 is 5.73 Å². The molecule has 0 bridgehead atoms. The molecule has 1 aromatic heterocycles. The lowest BCUT2D eigenvalue weighted by Gasteiger charge is -2.03. The zero-order chi connectivity index (χ0) is 11.5. The molecule has 3 nitrogen and oxygen atoms in total. The van der Waals surface area contributed by atoms with Gasteiger partial charge in [0.15, 0.2) is 0 Å². The van der Waals surface area contributed by atoms with Crippen molar-refractivity contribution in [2.45, 2.75) is 10.6 Å². The molecule has 0 fully saturated rings. The molecule has 1 heterocycles. The summed E-state index contributed by atoms with van der Waals surface area (Å²) < 4.78 is 2.85. The van der Waals surface area contributed by atoms with E-state index in [1.54, 1.807) is 11.8 Å². The third-order valence-electron chi connectivity index (χ3n) is 2.10. The van der Waals surface area contributed by atoms with Gasteiger partial charge in [-0.3, -0.25) is 4.68 Å². The molecule has 0 saturated heterocycles. The number of nitrogens with two attached hydrogens (primary N) is 1. The lowest BCUT2D eigenvalue weighted by Crippen LogP contribution is -1.90. The molecule has 0 aliphatic heterocycles. The molecule has 0 spiro atoms. The van der Waals surface area contributed by atoms with Crippen LogP contribution in [-0.4, -0.2) is 9.78 Å². The van der Waals surface area contributed by atoms with Crippen molar-refractivity contribution in [1.82, 2.24) is 9.78 Å². The highest BCUT2D eigenvalue weighted by Crippen LogP contribution is 2.30. The van der Waals surface area contributed by atoms with Gasteiger partial charge in [0.1, 0.15) is 0 Å². The van der Waals surface area contributed by atoms with Crippen molar-refractivity contribution in [3.63, 3.8) is 0 Å². The fourth-order valence-corrected chi connectivity index (χ4v) is 2.88. The van der Waals surface area contributed by atoms with Gasteiger partial charge in [-0.25, -0.2) is 0 Å². The number of hydrogen-bond donors (Lipinski definition) is 1. The van der Waals surface area contributed by atoms with Gasteiger partial charge in [0.25, 0.3) is 0 Å². The molecule has 1 aromatic carbocycles. The first-order valence-electron chi connectivity index (χ1n) is 4.81. The molecular weight excluding hydrogens is 286 g/mol. The maximum absolute atomic E-state index is 5.68. The van der Waals surface area contributed by atoms with Crippen LogP contribution in [0.3, 0.4) is 0 Å². The summed E-state index contributed by atoms with van der Waals surface area (Å²) in [7, 11) is 1.92. The van der Waals surface area contributed by atoms with Gasteiger partial charge in [0.2, 0.25) is 0 Å². The molecule has 0 amide bonds. The Balaban J connectivity index is 2.04. The minimum Gasteiger partial charge on any atom is -0.399 e. The molecule has 2 aromatic rings. The Morgan fingerprint density at radius 2 is 2.25 bits per heavy atom. The molecule has 0 aliphatic rings. The van der Waals surface area contributed by atoms with Crippen LogP contribution < -0.4 is 5.73 Å². The van der Waals surface area contributed by atoms with E-state index in [0.29, 0.717) is 0 Å². The monoisotopic (exact) mass is 297 g/mol.